The lowest BCUT2D eigenvalue weighted by Gasteiger charge is -2.26. The van der Waals surface area contributed by atoms with Crippen LogP contribution in [0.3, 0.4) is 0 Å². The molecule has 2 rings (SSSR count). The molecule has 0 saturated heterocycles. The molecule has 0 unspecified atom stereocenters. The Morgan fingerprint density at radius 3 is 2.68 bits per heavy atom. The van der Waals surface area contributed by atoms with Crippen LogP contribution in [0.2, 0.25) is 0 Å². The summed E-state index contributed by atoms with van der Waals surface area (Å²) in [5, 5.41) is 22.6. The van der Waals surface area contributed by atoms with Crippen molar-refractivity contribution < 1.29 is 14.6 Å². The van der Waals surface area contributed by atoms with E-state index in [1.807, 2.05) is 0 Å². The van der Waals surface area contributed by atoms with Crippen molar-refractivity contribution in [2.45, 2.75) is 37.9 Å². The topological polar surface area (TPSA) is 52.5 Å². The van der Waals surface area contributed by atoms with E-state index in [4.69, 9.17) is 0 Å². The number of rotatable bonds is 5. The molecule has 1 aromatic carbocycles. The van der Waals surface area contributed by atoms with Crippen molar-refractivity contribution >= 4 is 0 Å². The van der Waals surface area contributed by atoms with Gasteiger partial charge in [0.1, 0.15) is 5.82 Å². The smallest absolute Gasteiger partial charge is 0.123 e. The number of aliphatic hydroxyl groups excluding tert-OH is 2. The quantitative estimate of drug-likeness (QED) is 0.765. The summed E-state index contributed by atoms with van der Waals surface area (Å²) in [5.74, 6) is 0.251. The molecule has 0 spiro atoms. The number of nitrogens with one attached hydrogen (secondary N) is 1. The van der Waals surface area contributed by atoms with E-state index >= 15 is 0 Å². The molecule has 0 amide bonds. The Morgan fingerprint density at radius 1 is 1.26 bits per heavy atom. The Bertz CT molecular complexity index is 391. The Balaban J connectivity index is 1.70. The van der Waals surface area contributed by atoms with Crippen LogP contribution in [-0.2, 0) is 0 Å². The van der Waals surface area contributed by atoms with Crippen molar-refractivity contribution in [2.24, 2.45) is 5.92 Å². The molecule has 0 radical (unpaired) electrons. The van der Waals surface area contributed by atoms with Crippen LogP contribution in [0.15, 0.2) is 24.3 Å². The minimum atomic E-state index is -0.676. The minimum Gasteiger partial charge on any atom is -0.393 e. The highest BCUT2D eigenvalue weighted by Gasteiger charge is 2.19. The predicted molar refractivity (Wildman–Crippen MR) is 72.2 cm³/mol. The molecule has 3 nitrogen and oxygen atoms in total. The maximum Gasteiger partial charge on any atom is 0.123 e. The van der Waals surface area contributed by atoms with Gasteiger partial charge in [0.15, 0.2) is 0 Å². The van der Waals surface area contributed by atoms with Crippen LogP contribution in [0.4, 0.5) is 4.39 Å². The normalized spacial score (nSPS) is 25.2. The summed E-state index contributed by atoms with van der Waals surface area (Å²) < 4.78 is 13.0. The molecule has 0 bridgehead atoms. The first-order valence-electron chi connectivity index (χ1n) is 6.97. The second-order valence-corrected chi connectivity index (χ2v) is 5.40. The standard InChI is InChI=1S/C15H22FNO2/c16-13-3-1-2-12(8-13)15(19)10-17-9-11-4-6-14(18)7-5-11/h1-3,8,11,14-15,17-19H,4-7,9-10H2/t11?,14?,15-/m0/s1. The first-order valence-corrected chi connectivity index (χ1v) is 6.97. The van der Waals surface area contributed by atoms with E-state index in [0.29, 0.717) is 18.0 Å². The van der Waals surface area contributed by atoms with Crippen LogP contribution < -0.4 is 5.32 Å². The minimum absolute atomic E-state index is 0.130. The molecule has 106 valence electrons. The molecule has 1 saturated carbocycles. The largest absolute Gasteiger partial charge is 0.393 e. The van der Waals surface area contributed by atoms with Gasteiger partial charge in [0.2, 0.25) is 0 Å². The van der Waals surface area contributed by atoms with Crippen LogP contribution in [0.25, 0.3) is 0 Å². The molecule has 1 aromatic rings. The van der Waals surface area contributed by atoms with Gasteiger partial charge < -0.3 is 15.5 Å². The van der Waals surface area contributed by atoms with E-state index in [0.717, 1.165) is 32.2 Å². The SMILES string of the molecule is OC1CCC(CNC[C@H](O)c2cccc(F)c2)CC1. The number of halogens is 1. The molecule has 0 aromatic heterocycles. The molecule has 1 aliphatic rings. The molecule has 1 atom stereocenters. The summed E-state index contributed by atoms with van der Waals surface area (Å²) in [6.45, 7) is 1.28. The highest BCUT2D eigenvalue weighted by Crippen LogP contribution is 2.23. The molecule has 19 heavy (non-hydrogen) atoms. The summed E-state index contributed by atoms with van der Waals surface area (Å²) in [5.41, 5.74) is 0.603. The van der Waals surface area contributed by atoms with Gasteiger partial charge in [-0.3, -0.25) is 0 Å². The zero-order valence-electron chi connectivity index (χ0n) is 11.1. The van der Waals surface area contributed by atoms with Gasteiger partial charge >= 0.3 is 0 Å². The zero-order chi connectivity index (χ0) is 13.7. The van der Waals surface area contributed by atoms with Gasteiger partial charge in [0, 0.05) is 6.54 Å². The molecular weight excluding hydrogens is 245 g/mol. The van der Waals surface area contributed by atoms with E-state index in [9.17, 15) is 14.6 Å². The zero-order valence-corrected chi connectivity index (χ0v) is 11.1. The number of aliphatic hydroxyl groups is 2. The van der Waals surface area contributed by atoms with Gasteiger partial charge in [-0.15, -0.1) is 0 Å². The molecule has 4 heteroatoms. The van der Waals surface area contributed by atoms with Gasteiger partial charge in [-0.25, -0.2) is 4.39 Å². The van der Waals surface area contributed by atoms with E-state index in [1.165, 1.54) is 12.1 Å². The Kier molecular flexibility index (Phi) is 5.31. The predicted octanol–water partition coefficient (Wildman–Crippen LogP) is 2.00. The number of hydrogen-bond acceptors (Lipinski definition) is 3. The molecule has 0 aliphatic heterocycles. The fourth-order valence-corrected chi connectivity index (χ4v) is 2.60. The Morgan fingerprint density at radius 2 is 2.00 bits per heavy atom. The van der Waals surface area contributed by atoms with Gasteiger partial charge in [0.25, 0.3) is 0 Å². The highest BCUT2D eigenvalue weighted by molar-refractivity contribution is 5.18. The summed E-state index contributed by atoms with van der Waals surface area (Å²) in [4.78, 5) is 0. The van der Waals surface area contributed by atoms with Crippen molar-refractivity contribution in [3.63, 3.8) is 0 Å². The maximum absolute atomic E-state index is 13.0. The van der Waals surface area contributed by atoms with Crippen molar-refractivity contribution in [2.75, 3.05) is 13.1 Å². The van der Waals surface area contributed by atoms with E-state index < -0.39 is 6.10 Å². The van der Waals surface area contributed by atoms with E-state index in [1.54, 1.807) is 12.1 Å². The number of benzene rings is 1. The fourth-order valence-electron chi connectivity index (χ4n) is 2.60. The van der Waals surface area contributed by atoms with Gasteiger partial charge in [-0.05, 0) is 55.8 Å². The Labute approximate surface area is 113 Å². The summed E-state index contributed by atoms with van der Waals surface area (Å²) in [7, 11) is 0. The van der Waals surface area contributed by atoms with Crippen LogP contribution in [-0.4, -0.2) is 29.4 Å². The summed E-state index contributed by atoms with van der Waals surface area (Å²) in [6.07, 6.45) is 3.01. The van der Waals surface area contributed by atoms with Crippen molar-refractivity contribution in [3.05, 3.63) is 35.6 Å². The van der Waals surface area contributed by atoms with Gasteiger partial charge in [-0.2, -0.15) is 0 Å². The van der Waals surface area contributed by atoms with Crippen molar-refractivity contribution in [1.29, 1.82) is 0 Å². The van der Waals surface area contributed by atoms with Crippen LogP contribution in [0.1, 0.15) is 37.4 Å². The second-order valence-electron chi connectivity index (χ2n) is 5.40. The van der Waals surface area contributed by atoms with E-state index in [-0.39, 0.29) is 11.9 Å². The average Bonchev–Trinajstić information content (AvgIpc) is 2.41. The third kappa shape index (κ3) is 4.56. The summed E-state index contributed by atoms with van der Waals surface area (Å²) >= 11 is 0. The molecule has 1 fully saturated rings. The lowest BCUT2D eigenvalue weighted by molar-refractivity contribution is 0.106. The van der Waals surface area contributed by atoms with Crippen molar-refractivity contribution in [1.82, 2.24) is 5.32 Å². The average molecular weight is 267 g/mol. The van der Waals surface area contributed by atoms with Gasteiger partial charge in [0.05, 0.1) is 12.2 Å². The lowest BCUT2D eigenvalue weighted by atomic mass is 9.87. The highest BCUT2D eigenvalue weighted by atomic mass is 19.1. The lowest BCUT2D eigenvalue weighted by Crippen LogP contribution is -2.30. The van der Waals surface area contributed by atoms with E-state index in [2.05, 4.69) is 5.32 Å². The monoisotopic (exact) mass is 267 g/mol. The first kappa shape index (κ1) is 14.4. The Hall–Kier alpha value is -0.970. The second kappa shape index (κ2) is 6.98. The molecular formula is C15H22FNO2. The third-order valence-electron chi connectivity index (χ3n) is 3.82. The van der Waals surface area contributed by atoms with Gasteiger partial charge in [-0.1, -0.05) is 12.1 Å². The third-order valence-corrected chi connectivity index (χ3v) is 3.82. The van der Waals surface area contributed by atoms with Crippen LogP contribution >= 0.6 is 0 Å². The molecule has 1 aliphatic carbocycles. The fraction of sp³-hybridized carbons (Fsp3) is 0.600. The molecule has 3 N–H and O–H groups in total. The first-order chi connectivity index (χ1) is 9.15. The maximum atomic E-state index is 13.0. The van der Waals surface area contributed by atoms with Crippen molar-refractivity contribution in [3.8, 4) is 0 Å². The summed E-state index contributed by atoms with van der Waals surface area (Å²) in [6, 6.07) is 6.07. The number of hydrogen-bond donors (Lipinski definition) is 3. The molecule has 0 heterocycles. The van der Waals surface area contributed by atoms with Crippen LogP contribution in [0.5, 0.6) is 0 Å². The van der Waals surface area contributed by atoms with Crippen LogP contribution in [0, 0.1) is 11.7 Å².